The molecule has 1 amide bonds. The topological polar surface area (TPSA) is 87.8 Å². The van der Waals surface area contributed by atoms with Crippen molar-refractivity contribution in [3.63, 3.8) is 0 Å². The van der Waals surface area contributed by atoms with Crippen molar-refractivity contribution in [3.05, 3.63) is 35.9 Å². The molecule has 6 heteroatoms. The van der Waals surface area contributed by atoms with Crippen molar-refractivity contribution in [2.45, 2.75) is 85.4 Å². The molecule has 0 bridgehead atoms. The van der Waals surface area contributed by atoms with Gasteiger partial charge in [-0.3, -0.25) is 9.59 Å². The molecule has 32 heavy (non-hydrogen) atoms. The number of benzene rings is 1. The average Bonchev–Trinajstić information content (AvgIpc) is 2.76. The van der Waals surface area contributed by atoms with E-state index in [1.165, 1.54) is 0 Å². The maximum atomic E-state index is 13.2. The average molecular weight is 448 g/mol. The first-order valence-corrected chi connectivity index (χ1v) is 11.9. The van der Waals surface area contributed by atoms with E-state index >= 15 is 0 Å². The van der Waals surface area contributed by atoms with E-state index in [0.29, 0.717) is 26.1 Å². The standard InChI is InChI=1S/C26H41NO5/c1-7-21(25(27)29)15-17(2)23(28)19(4)24-18(3)22(31-26(5,6)32-24)13-14-30-16-20-11-9-8-10-12-20/h8-12,17-19,21-22,24H,7,13-16H2,1-6H3,(H2,27,29)/t17-,18-,19+,21-,22-,24-/m0/s1. The Labute approximate surface area is 193 Å². The summed E-state index contributed by atoms with van der Waals surface area (Å²) in [6, 6.07) is 10.1. The van der Waals surface area contributed by atoms with Gasteiger partial charge in [-0.2, -0.15) is 0 Å². The lowest BCUT2D eigenvalue weighted by Gasteiger charge is -2.47. The molecule has 1 saturated heterocycles. The predicted molar refractivity (Wildman–Crippen MR) is 125 cm³/mol. The van der Waals surface area contributed by atoms with E-state index in [4.69, 9.17) is 19.9 Å². The second kappa shape index (κ2) is 11.9. The number of ether oxygens (including phenoxy) is 3. The van der Waals surface area contributed by atoms with Gasteiger partial charge in [0.2, 0.25) is 5.91 Å². The molecule has 0 saturated carbocycles. The Balaban J connectivity index is 1.97. The molecule has 180 valence electrons. The van der Waals surface area contributed by atoms with Gasteiger partial charge in [0.05, 0.1) is 18.8 Å². The molecule has 0 spiro atoms. The first-order chi connectivity index (χ1) is 15.1. The Bertz CT molecular complexity index is 735. The summed E-state index contributed by atoms with van der Waals surface area (Å²) in [5.74, 6) is -1.81. The van der Waals surface area contributed by atoms with Gasteiger partial charge in [-0.05, 0) is 38.7 Å². The highest BCUT2D eigenvalue weighted by Crippen LogP contribution is 2.37. The van der Waals surface area contributed by atoms with Crippen LogP contribution in [-0.4, -0.2) is 36.3 Å². The van der Waals surface area contributed by atoms with E-state index in [1.807, 2.05) is 65.0 Å². The molecule has 0 radical (unpaired) electrons. The fourth-order valence-corrected chi connectivity index (χ4v) is 4.63. The minimum absolute atomic E-state index is 0.0348. The van der Waals surface area contributed by atoms with E-state index < -0.39 is 5.79 Å². The maximum Gasteiger partial charge on any atom is 0.220 e. The summed E-state index contributed by atoms with van der Waals surface area (Å²) in [6.45, 7) is 12.7. The van der Waals surface area contributed by atoms with E-state index in [9.17, 15) is 9.59 Å². The Morgan fingerprint density at radius 2 is 1.81 bits per heavy atom. The van der Waals surface area contributed by atoms with Gasteiger partial charge in [0, 0.05) is 30.3 Å². The fraction of sp³-hybridized carbons (Fsp3) is 0.692. The Morgan fingerprint density at radius 1 is 1.16 bits per heavy atom. The summed E-state index contributed by atoms with van der Waals surface area (Å²) in [5, 5.41) is 0. The van der Waals surface area contributed by atoms with Crippen LogP contribution in [-0.2, 0) is 30.4 Å². The molecule has 6 atom stereocenters. The molecule has 1 aliphatic heterocycles. The fourth-order valence-electron chi connectivity index (χ4n) is 4.63. The number of hydrogen-bond acceptors (Lipinski definition) is 5. The summed E-state index contributed by atoms with van der Waals surface area (Å²) in [5.41, 5.74) is 6.62. The highest BCUT2D eigenvalue weighted by molar-refractivity contribution is 5.84. The third-order valence-electron chi connectivity index (χ3n) is 6.58. The second-order valence-electron chi connectivity index (χ2n) is 9.66. The van der Waals surface area contributed by atoms with Crippen molar-refractivity contribution >= 4 is 11.7 Å². The first kappa shape index (κ1) is 26.5. The Morgan fingerprint density at radius 3 is 2.41 bits per heavy atom. The number of hydrogen-bond donors (Lipinski definition) is 1. The summed E-state index contributed by atoms with van der Waals surface area (Å²) < 4.78 is 18.3. The van der Waals surface area contributed by atoms with Gasteiger partial charge in [-0.25, -0.2) is 0 Å². The van der Waals surface area contributed by atoms with Crippen molar-refractivity contribution in [2.24, 2.45) is 29.4 Å². The summed E-state index contributed by atoms with van der Waals surface area (Å²) in [7, 11) is 0. The largest absolute Gasteiger partial charge is 0.377 e. The molecule has 1 aromatic carbocycles. The van der Waals surface area contributed by atoms with Crippen LogP contribution in [0.15, 0.2) is 30.3 Å². The maximum absolute atomic E-state index is 13.2. The minimum Gasteiger partial charge on any atom is -0.377 e. The van der Waals surface area contributed by atoms with Crippen molar-refractivity contribution in [1.82, 2.24) is 0 Å². The van der Waals surface area contributed by atoms with Crippen LogP contribution in [0, 0.1) is 23.7 Å². The van der Waals surface area contributed by atoms with Crippen molar-refractivity contribution < 1.29 is 23.8 Å². The van der Waals surface area contributed by atoms with Gasteiger partial charge in [0.25, 0.3) is 0 Å². The summed E-state index contributed by atoms with van der Waals surface area (Å²) >= 11 is 0. The number of carbonyl (C=O) groups excluding carboxylic acids is 2. The Kier molecular flexibility index (Phi) is 9.86. The number of primary amides is 1. The van der Waals surface area contributed by atoms with Gasteiger partial charge >= 0.3 is 0 Å². The smallest absolute Gasteiger partial charge is 0.220 e. The molecule has 0 aromatic heterocycles. The third kappa shape index (κ3) is 7.39. The SMILES string of the molecule is CC[C@@H](C[C@H](C)C(=O)[C@@H](C)[C@H]1OC(C)(C)O[C@@H](CCOCc2ccccc2)[C@@H]1C)C(N)=O. The predicted octanol–water partition coefficient (Wildman–Crippen LogP) is 4.49. The van der Waals surface area contributed by atoms with Crippen LogP contribution < -0.4 is 5.73 Å². The molecule has 1 aromatic rings. The lowest BCUT2D eigenvalue weighted by molar-refractivity contribution is -0.326. The van der Waals surface area contributed by atoms with Gasteiger partial charge in [-0.1, -0.05) is 58.0 Å². The normalized spacial score (nSPS) is 25.6. The van der Waals surface area contributed by atoms with Crippen LogP contribution in [0.4, 0.5) is 0 Å². The molecule has 1 aliphatic rings. The molecule has 0 unspecified atom stereocenters. The molecule has 2 N–H and O–H groups in total. The molecule has 6 nitrogen and oxygen atoms in total. The number of rotatable bonds is 12. The van der Waals surface area contributed by atoms with E-state index in [2.05, 4.69) is 6.92 Å². The second-order valence-corrected chi connectivity index (χ2v) is 9.66. The first-order valence-electron chi connectivity index (χ1n) is 11.9. The van der Waals surface area contributed by atoms with Crippen LogP contribution in [0.1, 0.15) is 66.4 Å². The quantitative estimate of drug-likeness (QED) is 0.477. The number of Topliss-reactive ketones (excluding diaryl/α,β-unsaturated/α-hetero) is 1. The van der Waals surface area contributed by atoms with Crippen LogP contribution in [0.2, 0.25) is 0 Å². The monoisotopic (exact) mass is 447 g/mol. The van der Waals surface area contributed by atoms with Gasteiger partial charge in [-0.15, -0.1) is 0 Å². The number of carbonyl (C=O) groups is 2. The molecule has 1 heterocycles. The number of ketones is 1. The van der Waals surface area contributed by atoms with Crippen molar-refractivity contribution in [3.8, 4) is 0 Å². The van der Waals surface area contributed by atoms with Crippen LogP contribution >= 0.6 is 0 Å². The van der Waals surface area contributed by atoms with Crippen LogP contribution in [0.5, 0.6) is 0 Å². The molecular weight excluding hydrogens is 406 g/mol. The van der Waals surface area contributed by atoms with Crippen molar-refractivity contribution in [2.75, 3.05) is 6.61 Å². The van der Waals surface area contributed by atoms with Gasteiger partial charge < -0.3 is 19.9 Å². The number of amides is 1. The van der Waals surface area contributed by atoms with Crippen LogP contribution in [0.25, 0.3) is 0 Å². The minimum atomic E-state index is -0.780. The highest BCUT2D eigenvalue weighted by Gasteiger charge is 2.45. The zero-order valence-electron chi connectivity index (χ0n) is 20.5. The Hall–Kier alpha value is -1.76. The summed E-state index contributed by atoms with van der Waals surface area (Å²) in [4.78, 5) is 24.8. The molecule has 0 aliphatic carbocycles. The number of nitrogens with two attached hydrogens (primary N) is 1. The summed E-state index contributed by atoms with van der Waals surface area (Å²) in [6.07, 6.45) is 1.52. The third-order valence-corrected chi connectivity index (χ3v) is 6.58. The van der Waals surface area contributed by atoms with E-state index in [-0.39, 0.29) is 47.6 Å². The van der Waals surface area contributed by atoms with Gasteiger partial charge in [0.15, 0.2) is 5.79 Å². The zero-order valence-corrected chi connectivity index (χ0v) is 20.5. The molecular formula is C26H41NO5. The zero-order chi connectivity index (χ0) is 23.9. The highest BCUT2D eigenvalue weighted by atomic mass is 16.7. The lowest BCUT2D eigenvalue weighted by Crippen LogP contribution is -2.54. The van der Waals surface area contributed by atoms with Gasteiger partial charge in [0.1, 0.15) is 5.78 Å². The van der Waals surface area contributed by atoms with E-state index in [1.54, 1.807) is 0 Å². The van der Waals surface area contributed by atoms with Crippen molar-refractivity contribution in [1.29, 1.82) is 0 Å². The molecule has 2 rings (SSSR count). The van der Waals surface area contributed by atoms with Crippen LogP contribution in [0.3, 0.4) is 0 Å². The molecule has 1 fully saturated rings. The van der Waals surface area contributed by atoms with E-state index in [0.717, 1.165) is 12.0 Å². The lowest BCUT2D eigenvalue weighted by atomic mass is 9.79.